The zero-order valence-electron chi connectivity index (χ0n) is 30.1. The number of amides is 7. The summed E-state index contributed by atoms with van der Waals surface area (Å²) in [6.07, 6.45) is -24.0. The summed E-state index contributed by atoms with van der Waals surface area (Å²) in [7, 11) is 0. The van der Waals surface area contributed by atoms with Crippen LogP contribution in [0.3, 0.4) is 0 Å². The van der Waals surface area contributed by atoms with Crippen molar-refractivity contribution < 1.29 is 91.0 Å². The van der Waals surface area contributed by atoms with Crippen LogP contribution in [0.15, 0.2) is 0 Å². The molecule has 57 heavy (non-hydrogen) atoms. The molecule has 0 radical (unpaired) electrons. The number of Topliss-reactive ketones (excluding diaryl/α,β-unsaturated/α-hetero) is 1. The number of nitrogens with one attached hydrogen (secondary N) is 7. The second-order valence-electron chi connectivity index (χ2n) is 12.3. The van der Waals surface area contributed by atoms with Crippen molar-refractivity contribution in [1.29, 1.82) is 0 Å². The van der Waals surface area contributed by atoms with Gasteiger partial charge in [-0.1, -0.05) is 6.92 Å². The highest BCUT2D eigenvalue weighted by Crippen LogP contribution is 2.17. The van der Waals surface area contributed by atoms with Crippen molar-refractivity contribution in [2.24, 2.45) is 5.92 Å². The molecular weight excluding hydrogens is 814 g/mol. The van der Waals surface area contributed by atoms with Gasteiger partial charge in [0.2, 0.25) is 17.7 Å². The van der Waals surface area contributed by atoms with E-state index in [0.717, 1.165) is 6.92 Å². The van der Waals surface area contributed by atoms with E-state index < -0.39 is 148 Å². The maximum Gasteiger partial charge on any atom is 0.471 e. The Kier molecular flexibility index (Phi) is 21.4. The molecule has 7 N–H and O–H groups in total. The van der Waals surface area contributed by atoms with Crippen molar-refractivity contribution in [2.75, 3.05) is 26.2 Å². The van der Waals surface area contributed by atoms with Gasteiger partial charge < -0.3 is 37.2 Å². The predicted octanol–water partition coefficient (Wildman–Crippen LogP) is 1.50. The van der Waals surface area contributed by atoms with Gasteiger partial charge in [-0.25, -0.2) is 0 Å². The highest BCUT2D eigenvalue weighted by atomic mass is 19.4. The van der Waals surface area contributed by atoms with E-state index in [1.54, 1.807) is 5.32 Å². The third-order valence-corrected chi connectivity index (χ3v) is 7.52. The summed E-state index contributed by atoms with van der Waals surface area (Å²) in [6, 6.07) is -4.97. The molecule has 0 aliphatic heterocycles. The van der Waals surface area contributed by atoms with Gasteiger partial charge in [0.05, 0.1) is 6.04 Å². The summed E-state index contributed by atoms with van der Waals surface area (Å²) in [6.45, 7) is -0.369. The molecule has 0 aromatic carbocycles. The Morgan fingerprint density at radius 3 is 0.930 bits per heavy atom. The van der Waals surface area contributed by atoms with Crippen LogP contribution in [-0.4, -0.2) is 116 Å². The van der Waals surface area contributed by atoms with Crippen molar-refractivity contribution >= 4 is 47.1 Å². The van der Waals surface area contributed by atoms with Crippen molar-refractivity contribution in [2.45, 2.75) is 108 Å². The summed E-state index contributed by atoms with van der Waals surface area (Å²) >= 11 is 0. The van der Waals surface area contributed by atoms with Crippen LogP contribution >= 0.6 is 0 Å². The number of hydrogen-bond donors (Lipinski definition) is 7. The molecule has 4 atom stereocenters. The Morgan fingerprint density at radius 2 is 0.649 bits per heavy atom. The highest BCUT2D eigenvalue weighted by molar-refractivity contribution is 5.94. The summed E-state index contributed by atoms with van der Waals surface area (Å²) in [5.74, 6) is -14.5. The first kappa shape index (κ1) is 52.1. The highest BCUT2D eigenvalue weighted by Gasteiger charge is 2.41. The first-order valence-corrected chi connectivity index (χ1v) is 16.8. The molecule has 0 aromatic rings. The molecule has 7 amide bonds. The van der Waals surface area contributed by atoms with E-state index in [9.17, 15) is 91.0 Å². The molecule has 0 spiro atoms. The van der Waals surface area contributed by atoms with Crippen LogP contribution in [0, 0.1) is 5.92 Å². The van der Waals surface area contributed by atoms with Gasteiger partial charge in [0.1, 0.15) is 12.1 Å². The largest absolute Gasteiger partial charge is 0.471 e. The average molecular weight is 856 g/mol. The van der Waals surface area contributed by atoms with Gasteiger partial charge in [-0.05, 0) is 58.3 Å². The van der Waals surface area contributed by atoms with Crippen molar-refractivity contribution in [3.63, 3.8) is 0 Å². The van der Waals surface area contributed by atoms with Crippen LogP contribution in [0.5, 0.6) is 0 Å². The van der Waals surface area contributed by atoms with E-state index in [2.05, 4.69) is 16.0 Å². The number of rotatable bonds is 23. The van der Waals surface area contributed by atoms with Crippen LogP contribution in [-0.2, 0) is 38.4 Å². The fourth-order valence-electron chi connectivity index (χ4n) is 4.44. The second-order valence-corrected chi connectivity index (χ2v) is 12.3. The van der Waals surface area contributed by atoms with Crippen LogP contribution in [0.25, 0.3) is 0 Å². The number of carbonyl (C=O) groups excluding carboxylic acids is 8. The molecule has 0 fully saturated rings. The lowest BCUT2D eigenvalue weighted by atomic mass is 10.0. The maximum atomic E-state index is 13.4. The Morgan fingerprint density at radius 1 is 0.404 bits per heavy atom. The first-order chi connectivity index (χ1) is 26.0. The van der Waals surface area contributed by atoms with Crippen molar-refractivity contribution in [3.05, 3.63) is 0 Å². The third kappa shape index (κ3) is 21.9. The minimum absolute atomic E-state index is 0.180. The van der Waals surface area contributed by atoms with E-state index in [-0.39, 0.29) is 25.7 Å². The second kappa shape index (κ2) is 23.4. The number of halogens is 12. The first-order valence-electron chi connectivity index (χ1n) is 16.8. The van der Waals surface area contributed by atoms with Crippen LogP contribution in [0.4, 0.5) is 52.7 Å². The fourth-order valence-corrected chi connectivity index (χ4v) is 4.44. The minimum atomic E-state index is -5.29. The van der Waals surface area contributed by atoms with Gasteiger partial charge in [-0.2, -0.15) is 52.7 Å². The molecule has 0 aliphatic carbocycles. The summed E-state index contributed by atoms with van der Waals surface area (Å²) in [5.41, 5.74) is 0. The van der Waals surface area contributed by atoms with Gasteiger partial charge in [0.25, 0.3) is 0 Å². The quantitative estimate of drug-likeness (QED) is 0.0589. The summed E-state index contributed by atoms with van der Waals surface area (Å²) < 4.78 is 150. The Bertz CT molecular complexity index is 1410. The number of carbonyl (C=O) groups is 8. The van der Waals surface area contributed by atoms with E-state index in [0.29, 0.717) is 0 Å². The Balaban J connectivity index is 6.07. The number of alkyl halides is 12. The van der Waals surface area contributed by atoms with E-state index in [1.807, 2.05) is 0 Å². The van der Waals surface area contributed by atoms with Gasteiger partial charge >= 0.3 is 48.3 Å². The topological polar surface area (TPSA) is 221 Å². The van der Waals surface area contributed by atoms with Crippen LogP contribution in [0.2, 0.25) is 0 Å². The molecule has 27 heteroatoms. The molecule has 328 valence electrons. The van der Waals surface area contributed by atoms with Gasteiger partial charge in [-0.15, -0.1) is 0 Å². The lowest BCUT2D eigenvalue weighted by Crippen LogP contribution is -2.56. The van der Waals surface area contributed by atoms with E-state index in [4.69, 9.17) is 0 Å². The molecule has 15 nitrogen and oxygen atoms in total. The monoisotopic (exact) mass is 855 g/mol. The van der Waals surface area contributed by atoms with E-state index >= 15 is 0 Å². The molecular formula is C30H41F12N7O8. The molecule has 0 saturated carbocycles. The normalized spacial score (nSPS) is 14.2. The molecule has 0 saturated heterocycles. The third-order valence-electron chi connectivity index (χ3n) is 7.52. The van der Waals surface area contributed by atoms with Gasteiger partial charge in [0, 0.05) is 32.1 Å². The predicted molar refractivity (Wildman–Crippen MR) is 169 cm³/mol. The van der Waals surface area contributed by atoms with Gasteiger partial charge in [0.15, 0.2) is 5.78 Å². The Hall–Kier alpha value is -4.88. The maximum absolute atomic E-state index is 13.4. The summed E-state index contributed by atoms with van der Waals surface area (Å²) in [4.78, 5) is 96.2. The number of hydrogen-bond acceptors (Lipinski definition) is 8. The molecule has 0 heterocycles. The SMILES string of the molecule is CC(=O)[C@H](CCCNC(=O)C(F)(F)F)NC(=O)[C@H](CCCNC(=O)C(F)(F)F)NC(=O)[C@H](CCCNC(=O)C(F)(F)F)NC(=O)[C@@H](C)CCCNC(=O)C(F)(F)F. The zero-order valence-corrected chi connectivity index (χ0v) is 30.1. The standard InChI is InChI=1S/C30H41F12N7O8/c1-15(7-3-11-43-23(54)27(31,32)33)20(51)48-18(9-5-13-45-25(56)29(37,38)39)22(53)49-19(10-6-14-46-26(57)30(40,41)42)21(52)47-17(16(2)50)8-4-12-44-24(55)28(34,35)36/h15,17-19H,3-14H2,1-2H3,(H,43,54)(H,44,55)(H,45,56)(H,46,57)(H,47,52)(H,48,51)(H,49,53)/t15-,17-,18-,19-/m0/s1. The smallest absolute Gasteiger partial charge is 0.348 e. The van der Waals surface area contributed by atoms with Crippen LogP contribution < -0.4 is 37.2 Å². The molecule has 0 aromatic heterocycles. The molecule has 0 aliphatic rings. The minimum Gasteiger partial charge on any atom is -0.348 e. The Labute approximate surface area is 315 Å². The zero-order chi connectivity index (χ0) is 44.4. The lowest BCUT2D eigenvalue weighted by molar-refractivity contribution is -0.173. The number of ketones is 1. The summed E-state index contributed by atoms with van der Waals surface area (Å²) in [5, 5.41) is 12.7. The molecule has 0 rings (SSSR count). The van der Waals surface area contributed by atoms with Crippen LogP contribution in [0.1, 0.15) is 65.2 Å². The fraction of sp³-hybridized carbons (Fsp3) is 0.733. The average Bonchev–Trinajstić information content (AvgIpc) is 3.07. The lowest BCUT2D eigenvalue weighted by Gasteiger charge is -2.26. The molecule has 0 bridgehead atoms. The van der Waals surface area contributed by atoms with E-state index in [1.165, 1.54) is 22.9 Å². The van der Waals surface area contributed by atoms with Crippen molar-refractivity contribution in [3.8, 4) is 0 Å². The van der Waals surface area contributed by atoms with Gasteiger partial charge in [-0.3, -0.25) is 38.4 Å². The molecule has 0 unspecified atom stereocenters. The van der Waals surface area contributed by atoms with Crippen molar-refractivity contribution in [1.82, 2.24) is 37.2 Å².